The van der Waals surface area contributed by atoms with Gasteiger partial charge in [0.25, 0.3) is 0 Å². The summed E-state index contributed by atoms with van der Waals surface area (Å²) >= 11 is 0. The third kappa shape index (κ3) is 14.5. The van der Waals surface area contributed by atoms with Gasteiger partial charge in [0.15, 0.2) is 0 Å². The van der Waals surface area contributed by atoms with E-state index in [0.29, 0.717) is 12.8 Å². The Bertz CT molecular complexity index is 330. The molecule has 0 aliphatic rings. The SMILES string of the molecule is CCC(=O)OC(=O)C(C)C.CCCC(=O)OC(=O)CCC. The number of carbonyl (C=O) groups is 4. The number of esters is 4. The number of rotatable bonds is 6. The van der Waals surface area contributed by atoms with Gasteiger partial charge >= 0.3 is 23.9 Å². The second kappa shape index (κ2) is 13.3. The van der Waals surface area contributed by atoms with Crippen molar-refractivity contribution in [3.63, 3.8) is 0 Å². The summed E-state index contributed by atoms with van der Waals surface area (Å²) in [5.41, 5.74) is 0. The first kappa shape index (κ1) is 21.6. The molecule has 0 heterocycles. The topological polar surface area (TPSA) is 86.7 Å². The Balaban J connectivity index is 0. The first-order valence-electron chi connectivity index (χ1n) is 7.26. The molecule has 122 valence electrons. The predicted octanol–water partition coefficient (Wildman–Crippen LogP) is 2.78. The highest BCUT2D eigenvalue weighted by molar-refractivity contribution is 5.86. The van der Waals surface area contributed by atoms with Crippen LogP contribution in [0.5, 0.6) is 0 Å². The second-order valence-electron chi connectivity index (χ2n) is 4.65. The van der Waals surface area contributed by atoms with Crippen molar-refractivity contribution in [2.24, 2.45) is 5.92 Å². The molecule has 0 aromatic rings. The molecule has 0 saturated heterocycles. The van der Waals surface area contributed by atoms with Crippen LogP contribution in [0.25, 0.3) is 0 Å². The molecule has 0 N–H and O–H groups in total. The molecular formula is C15H26O6. The molecule has 0 aromatic heterocycles. The summed E-state index contributed by atoms with van der Waals surface area (Å²) in [7, 11) is 0. The van der Waals surface area contributed by atoms with Crippen LogP contribution in [0.2, 0.25) is 0 Å². The molecule has 0 fully saturated rings. The lowest BCUT2D eigenvalue weighted by atomic mass is 10.2. The summed E-state index contributed by atoms with van der Waals surface area (Å²) in [4.78, 5) is 42.5. The van der Waals surface area contributed by atoms with E-state index >= 15 is 0 Å². The zero-order valence-electron chi connectivity index (χ0n) is 13.6. The zero-order valence-corrected chi connectivity index (χ0v) is 13.6. The molecule has 0 aromatic carbocycles. The standard InChI is InChI=1S/C8H14O3.C7H12O3/c1-3-5-7(9)11-8(10)6-4-2;1-4-6(8)10-7(9)5(2)3/h3-6H2,1-2H3;5H,4H2,1-3H3. The molecule has 0 radical (unpaired) electrons. The summed E-state index contributed by atoms with van der Waals surface area (Å²) in [6.07, 6.45) is 2.35. The van der Waals surface area contributed by atoms with Crippen molar-refractivity contribution in [1.29, 1.82) is 0 Å². The zero-order chi connectivity index (χ0) is 16.8. The van der Waals surface area contributed by atoms with Crippen LogP contribution in [0, 0.1) is 5.92 Å². The molecule has 21 heavy (non-hydrogen) atoms. The van der Waals surface area contributed by atoms with Crippen molar-refractivity contribution >= 4 is 23.9 Å². The molecule has 0 saturated carbocycles. The lowest BCUT2D eigenvalue weighted by molar-refractivity contribution is -0.162. The maximum Gasteiger partial charge on any atom is 0.316 e. The lowest BCUT2D eigenvalue weighted by Gasteiger charge is -2.02. The van der Waals surface area contributed by atoms with E-state index < -0.39 is 23.9 Å². The molecule has 0 unspecified atom stereocenters. The van der Waals surface area contributed by atoms with E-state index in [0.717, 1.165) is 12.8 Å². The number of carbonyl (C=O) groups excluding carboxylic acids is 4. The van der Waals surface area contributed by atoms with Crippen LogP contribution in [-0.4, -0.2) is 23.9 Å². The van der Waals surface area contributed by atoms with E-state index in [1.165, 1.54) is 0 Å². The minimum absolute atomic E-state index is 0.226. The van der Waals surface area contributed by atoms with Gasteiger partial charge in [0.1, 0.15) is 0 Å². The molecular weight excluding hydrogens is 276 g/mol. The van der Waals surface area contributed by atoms with Gasteiger partial charge in [-0.2, -0.15) is 0 Å². The van der Waals surface area contributed by atoms with Crippen LogP contribution in [0.3, 0.4) is 0 Å². The van der Waals surface area contributed by atoms with Crippen molar-refractivity contribution in [2.45, 2.75) is 66.7 Å². The Labute approximate surface area is 126 Å². The van der Waals surface area contributed by atoms with Gasteiger partial charge in [0.2, 0.25) is 0 Å². The summed E-state index contributed by atoms with van der Waals surface area (Å²) < 4.78 is 8.84. The minimum Gasteiger partial charge on any atom is -0.393 e. The van der Waals surface area contributed by atoms with Gasteiger partial charge in [0.05, 0.1) is 5.92 Å². The first-order valence-corrected chi connectivity index (χ1v) is 7.26. The maximum absolute atomic E-state index is 10.7. The van der Waals surface area contributed by atoms with E-state index in [9.17, 15) is 19.2 Å². The van der Waals surface area contributed by atoms with E-state index in [2.05, 4.69) is 9.47 Å². The van der Waals surface area contributed by atoms with E-state index in [1.54, 1.807) is 20.8 Å². The van der Waals surface area contributed by atoms with Gasteiger partial charge in [-0.15, -0.1) is 0 Å². The molecule has 6 heteroatoms. The monoisotopic (exact) mass is 302 g/mol. The van der Waals surface area contributed by atoms with Gasteiger partial charge in [0, 0.05) is 19.3 Å². The largest absolute Gasteiger partial charge is 0.393 e. The molecule has 0 aliphatic carbocycles. The van der Waals surface area contributed by atoms with E-state index in [-0.39, 0.29) is 12.3 Å². The number of hydrogen-bond donors (Lipinski definition) is 0. The van der Waals surface area contributed by atoms with Crippen molar-refractivity contribution in [3.05, 3.63) is 0 Å². The fraction of sp³-hybridized carbons (Fsp3) is 0.733. The molecule has 0 atom stereocenters. The Morgan fingerprint density at radius 1 is 0.762 bits per heavy atom. The fourth-order valence-corrected chi connectivity index (χ4v) is 0.939. The van der Waals surface area contributed by atoms with Crippen LogP contribution < -0.4 is 0 Å². The van der Waals surface area contributed by atoms with Crippen molar-refractivity contribution in [1.82, 2.24) is 0 Å². The van der Waals surface area contributed by atoms with Gasteiger partial charge in [-0.3, -0.25) is 19.2 Å². The highest BCUT2D eigenvalue weighted by Crippen LogP contribution is 1.97. The smallest absolute Gasteiger partial charge is 0.316 e. The highest BCUT2D eigenvalue weighted by Gasteiger charge is 2.11. The van der Waals surface area contributed by atoms with E-state index in [1.807, 2.05) is 13.8 Å². The van der Waals surface area contributed by atoms with Crippen molar-refractivity contribution in [2.75, 3.05) is 0 Å². The third-order valence-electron chi connectivity index (χ3n) is 2.11. The lowest BCUT2D eigenvalue weighted by Crippen LogP contribution is -2.16. The maximum atomic E-state index is 10.7. The summed E-state index contributed by atoms with van der Waals surface area (Å²) in [6, 6.07) is 0. The van der Waals surface area contributed by atoms with Crippen LogP contribution in [0.4, 0.5) is 0 Å². The number of hydrogen-bond acceptors (Lipinski definition) is 6. The summed E-state index contributed by atoms with van der Waals surface area (Å²) in [5, 5.41) is 0. The van der Waals surface area contributed by atoms with Crippen LogP contribution in [0.1, 0.15) is 66.7 Å². The van der Waals surface area contributed by atoms with Gasteiger partial charge in [-0.25, -0.2) is 0 Å². The first-order chi connectivity index (χ1) is 9.78. The second-order valence-corrected chi connectivity index (χ2v) is 4.65. The highest BCUT2D eigenvalue weighted by atomic mass is 16.6. The van der Waals surface area contributed by atoms with Crippen LogP contribution in [-0.2, 0) is 28.7 Å². The van der Waals surface area contributed by atoms with Gasteiger partial charge in [-0.05, 0) is 12.8 Å². The minimum atomic E-state index is -0.460. The fourth-order valence-electron chi connectivity index (χ4n) is 0.939. The number of ether oxygens (including phenoxy) is 2. The van der Waals surface area contributed by atoms with E-state index in [4.69, 9.17) is 0 Å². The molecule has 0 rings (SSSR count). The Kier molecular flexibility index (Phi) is 13.6. The Morgan fingerprint density at radius 2 is 1.19 bits per heavy atom. The summed E-state index contributed by atoms with van der Waals surface area (Å²) in [5.74, 6) is -1.96. The predicted molar refractivity (Wildman–Crippen MR) is 77.1 cm³/mol. The van der Waals surface area contributed by atoms with Crippen LogP contribution >= 0.6 is 0 Å². The molecule has 0 amide bonds. The molecule has 0 spiro atoms. The summed E-state index contributed by atoms with van der Waals surface area (Å²) in [6.45, 7) is 8.75. The Morgan fingerprint density at radius 3 is 1.48 bits per heavy atom. The van der Waals surface area contributed by atoms with Gasteiger partial charge in [-0.1, -0.05) is 34.6 Å². The van der Waals surface area contributed by atoms with Crippen molar-refractivity contribution in [3.8, 4) is 0 Å². The average molecular weight is 302 g/mol. The molecule has 0 aliphatic heterocycles. The molecule has 6 nitrogen and oxygen atoms in total. The Hall–Kier alpha value is -1.72. The van der Waals surface area contributed by atoms with Gasteiger partial charge < -0.3 is 9.47 Å². The average Bonchev–Trinajstić information content (AvgIpc) is 2.39. The molecule has 0 bridgehead atoms. The third-order valence-corrected chi connectivity index (χ3v) is 2.11. The quantitative estimate of drug-likeness (QED) is 0.554. The van der Waals surface area contributed by atoms with Crippen LogP contribution in [0.15, 0.2) is 0 Å². The normalized spacial score (nSPS) is 9.43. The van der Waals surface area contributed by atoms with Crippen molar-refractivity contribution < 1.29 is 28.7 Å².